The molecule has 0 saturated heterocycles. The lowest BCUT2D eigenvalue weighted by Crippen LogP contribution is -2.34. The van der Waals surface area contributed by atoms with Gasteiger partial charge in [0.05, 0.1) is 24.3 Å². The summed E-state index contributed by atoms with van der Waals surface area (Å²) in [4.78, 5) is 4.68. The van der Waals surface area contributed by atoms with Crippen molar-refractivity contribution in [3.8, 4) is 17.1 Å². The maximum Gasteiger partial charge on any atom is 0.240 e. The first kappa shape index (κ1) is 12.4. The summed E-state index contributed by atoms with van der Waals surface area (Å²) in [6, 6.07) is 1.93. The second-order valence-electron chi connectivity index (χ2n) is 5.71. The van der Waals surface area contributed by atoms with Crippen LogP contribution in [-0.4, -0.2) is 30.5 Å². The summed E-state index contributed by atoms with van der Waals surface area (Å²) in [5, 5.41) is 8.51. The number of hydrogen-bond acceptors (Lipinski definition) is 4. The Bertz CT molecular complexity index is 790. The number of nitrogens with zero attached hydrogens (tertiary/aromatic N) is 5. The average molecular weight is 283 g/mol. The Kier molecular flexibility index (Phi) is 2.70. The standard InChI is InChI=1S/C15H17N5O/c1-10-3-4-14(10)21-15-13-5-6-16-20(13)9-12(18-15)11-7-17-19(2)8-11/h5-10,14H,3-4H2,1-2H3/t10-,14+/m0/s1. The molecule has 0 amide bonds. The van der Waals surface area contributed by atoms with Gasteiger partial charge in [0.1, 0.15) is 11.6 Å². The van der Waals surface area contributed by atoms with E-state index in [2.05, 4.69) is 22.1 Å². The average Bonchev–Trinajstić information content (AvgIpc) is 3.11. The van der Waals surface area contributed by atoms with Gasteiger partial charge in [0.25, 0.3) is 0 Å². The summed E-state index contributed by atoms with van der Waals surface area (Å²) in [5.74, 6) is 1.25. The van der Waals surface area contributed by atoms with E-state index >= 15 is 0 Å². The zero-order valence-corrected chi connectivity index (χ0v) is 12.1. The van der Waals surface area contributed by atoms with Crippen LogP contribution in [0.25, 0.3) is 16.8 Å². The molecule has 6 heteroatoms. The fraction of sp³-hybridized carbons (Fsp3) is 0.400. The van der Waals surface area contributed by atoms with Crippen LogP contribution in [0.1, 0.15) is 19.8 Å². The molecule has 0 spiro atoms. The van der Waals surface area contributed by atoms with Gasteiger partial charge in [-0.1, -0.05) is 6.92 Å². The molecule has 21 heavy (non-hydrogen) atoms. The van der Waals surface area contributed by atoms with Gasteiger partial charge < -0.3 is 4.74 Å². The molecule has 2 atom stereocenters. The molecule has 108 valence electrons. The van der Waals surface area contributed by atoms with Crippen LogP contribution in [0.15, 0.2) is 30.9 Å². The van der Waals surface area contributed by atoms with Gasteiger partial charge in [-0.25, -0.2) is 9.50 Å². The molecule has 1 saturated carbocycles. The van der Waals surface area contributed by atoms with Crippen molar-refractivity contribution in [2.75, 3.05) is 0 Å². The Morgan fingerprint density at radius 2 is 2.14 bits per heavy atom. The van der Waals surface area contributed by atoms with Crippen molar-refractivity contribution in [3.05, 3.63) is 30.9 Å². The van der Waals surface area contributed by atoms with Crippen LogP contribution in [0.5, 0.6) is 5.88 Å². The summed E-state index contributed by atoms with van der Waals surface area (Å²) >= 11 is 0. The van der Waals surface area contributed by atoms with E-state index < -0.39 is 0 Å². The van der Waals surface area contributed by atoms with Crippen LogP contribution in [0.3, 0.4) is 0 Å². The van der Waals surface area contributed by atoms with Gasteiger partial charge in [-0.2, -0.15) is 10.2 Å². The molecule has 3 aromatic rings. The first-order valence-electron chi connectivity index (χ1n) is 7.21. The van der Waals surface area contributed by atoms with Crippen molar-refractivity contribution in [1.29, 1.82) is 0 Å². The molecule has 0 bridgehead atoms. The summed E-state index contributed by atoms with van der Waals surface area (Å²) < 4.78 is 9.68. The fourth-order valence-electron chi connectivity index (χ4n) is 2.63. The molecular formula is C15H17N5O. The highest BCUT2D eigenvalue weighted by Crippen LogP contribution is 2.32. The first-order chi connectivity index (χ1) is 10.2. The van der Waals surface area contributed by atoms with E-state index in [1.54, 1.807) is 17.1 Å². The minimum Gasteiger partial charge on any atom is -0.473 e. The van der Waals surface area contributed by atoms with Crippen LogP contribution in [0.2, 0.25) is 0 Å². The molecule has 0 aliphatic heterocycles. The van der Waals surface area contributed by atoms with Crippen molar-refractivity contribution >= 4 is 5.52 Å². The number of fused-ring (bicyclic) bond motifs is 1. The number of ether oxygens (including phenoxy) is 1. The van der Waals surface area contributed by atoms with E-state index in [1.807, 2.05) is 30.0 Å². The van der Waals surface area contributed by atoms with Gasteiger partial charge in [0.2, 0.25) is 5.88 Å². The Hall–Kier alpha value is -2.37. The molecule has 6 nitrogen and oxygen atoms in total. The third-order valence-electron chi connectivity index (χ3n) is 4.16. The van der Waals surface area contributed by atoms with E-state index in [1.165, 1.54) is 6.42 Å². The Balaban J connectivity index is 1.78. The molecule has 1 aliphatic carbocycles. The van der Waals surface area contributed by atoms with Crippen molar-refractivity contribution in [2.24, 2.45) is 13.0 Å². The van der Waals surface area contributed by atoms with Gasteiger partial charge in [-0.3, -0.25) is 4.68 Å². The van der Waals surface area contributed by atoms with Crippen LogP contribution in [0, 0.1) is 5.92 Å². The van der Waals surface area contributed by atoms with Crippen LogP contribution < -0.4 is 4.74 Å². The summed E-state index contributed by atoms with van der Waals surface area (Å²) in [6.07, 6.45) is 9.99. The number of aromatic nitrogens is 5. The Labute approximate surface area is 122 Å². The maximum atomic E-state index is 6.10. The van der Waals surface area contributed by atoms with Crippen LogP contribution in [-0.2, 0) is 7.05 Å². The smallest absolute Gasteiger partial charge is 0.240 e. The van der Waals surface area contributed by atoms with E-state index in [0.29, 0.717) is 11.8 Å². The molecule has 1 fully saturated rings. The van der Waals surface area contributed by atoms with E-state index in [-0.39, 0.29) is 6.10 Å². The molecule has 0 radical (unpaired) electrons. The summed E-state index contributed by atoms with van der Waals surface area (Å²) in [5.41, 5.74) is 2.68. The van der Waals surface area contributed by atoms with Crippen molar-refractivity contribution in [3.63, 3.8) is 0 Å². The number of aryl methyl sites for hydroxylation is 1. The highest BCUT2D eigenvalue weighted by Gasteiger charge is 2.29. The highest BCUT2D eigenvalue weighted by molar-refractivity contribution is 5.63. The molecule has 0 unspecified atom stereocenters. The second kappa shape index (κ2) is 4.58. The molecule has 0 aromatic carbocycles. The van der Waals surface area contributed by atoms with E-state index in [9.17, 15) is 0 Å². The molecule has 0 N–H and O–H groups in total. The second-order valence-corrected chi connectivity index (χ2v) is 5.71. The van der Waals surface area contributed by atoms with E-state index in [0.717, 1.165) is 23.2 Å². The van der Waals surface area contributed by atoms with Gasteiger partial charge in [-0.15, -0.1) is 0 Å². The van der Waals surface area contributed by atoms with E-state index in [4.69, 9.17) is 4.74 Å². The topological polar surface area (TPSA) is 57.2 Å². The predicted octanol–water partition coefficient (Wildman–Crippen LogP) is 2.31. The Morgan fingerprint density at radius 1 is 1.24 bits per heavy atom. The SMILES string of the molecule is C[C@H]1CC[C@H]1Oc1nc(-c2cnn(C)c2)cn2nccc12. The van der Waals surface area contributed by atoms with Crippen molar-refractivity contribution < 1.29 is 4.74 Å². The third kappa shape index (κ3) is 2.07. The molecule has 3 heterocycles. The van der Waals surface area contributed by atoms with Gasteiger partial charge >= 0.3 is 0 Å². The minimum atomic E-state index is 0.264. The summed E-state index contributed by atoms with van der Waals surface area (Å²) in [7, 11) is 1.89. The zero-order valence-electron chi connectivity index (χ0n) is 12.1. The molecule has 1 aliphatic rings. The zero-order chi connectivity index (χ0) is 14.4. The molecule has 3 aromatic heterocycles. The summed E-state index contributed by atoms with van der Waals surface area (Å²) in [6.45, 7) is 2.21. The lowest BCUT2D eigenvalue weighted by atomic mass is 9.84. The highest BCUT2D eigenvalue weighted by atomic mass is 16.5. The monoisotopic (exact) mass is 283 g/mol. The van der Waals surface area contributed by atoms with Gasteiger partial charge in [-0.05, 0) is 24.8 Å². The number of hydrogen-bond donors (Lipinski definition) is 0. The van der Waals surface area contributed by atoms with Gasteiger partial charge in [0.15, 0.2) is 0 Å². The first-order valence-corrected chi connectivity index (χ1v) is 7.21. The number of rotatable bonds is 3. The predicted molar refractivity (Wildman–Crippen MR) is 78.0 cm³/mol. The quantitative estimate of drug-likeness (QED) is 0.740. The maximum absolute atomic E-state index is 6.10. The lowest BCUT2D eigenvalue weighted by molar-refractivity contribution is 0.0547. The van der Waals surface area contributed by atoms with Crippen LogP contribution >= 0.6 is 0 Å². The third-order valence-corrected chi connectivity index (χ3v) is 4.16. The molecule has 4 rings (SSSR count). The van der Waals surface area contributed by atoms with Crippen molar-refractivity contribution in [1.82, 2.24) is 24.4 Å². The van der Waals surface area contributed by atoms with Gasteiger partial charge in [0, 0.05) is 18.8 Å². The van der Waals surface area contributed by atoms with Crippen LogP contribution in [0.4, 0.5) is 0 Å². The molecular weight excluding hydrogens is 266 g/mol. The largest absolute Gasteiger partial charge is 0.473 e. The minimum absolute atomic E-state index is 0.264. The fourth-order valence-corrected chi connectivity index (χ4v) is 2.63. The lowest BCUT2D eigenvalue weighted by Gasteiger charge is -2.33. The van der Waals surface area contributed by atoms with Crippen molar-refractivity contribution in [2.45, 2.75) is 25.9 Å². The Morgan fingerprint density at radius 3 is 2.81 bits per heavy atom. The normalized spacial score (nSPS) is 21.4.